The summed E-state index contributed by atoms with van der Waals surface area (Å²) >= 11 is 0. The number of benzene rings is 1. The number of esters is 1. The van der Waals surface area contributed by atoms with Gasteiger partial charge in [-0.3, -0.25) is 14.9 Å². The minimum atomic E-state index is -0.910. The molecule has 26 heavy (non-hydrogen) atoms. The van der Waals surface area contributed by atoms with Crippen LogP contribution in [0.15, 0.2) is 36.5 Å². The number of nitro groups is 1. The topological polar surface area (TPSA) is 135 Å². The highest BCUT2D eigenvalue weighted by atomic mass is 16.6. The van der Waals surface area contributed by atoms with Gasteiger partial charge in [-0.1, -0.05) is 13.3 Å². The lowest BCUT2D eigenvalue weighted by Crippen LogP contribution is -2.13. The van der Waals surface area contributed by atoms with Crippen LogP contribution in [-0.2, 0) is 4.74 Å². The first-order valence-corrected chi connectivity index (χ1v) is 7.81. The second kappa shape index (κ2) is 8.56. The first-order valence-electron chi connectivity index (χ1n) is 7.81. The van der Waals surface area contributed by atoms with Crippen LogP contribution in [0.25, 0.3) is 0 Å². The van der Waals surface area contributed by atoms with Crippen molar-refractivity contribution in [2.75, 3.05) is 6.61 Å². The van der Waals surface area contributed by atoms with Gasteiger partial charge < -0.3 is 15.2 Å². The van der Waals surface area contributed by atoms with Crippen molar-refractivity contribution in [3.05, 3.63) is 57.8 Å². The molecular weight excluding hydrogens is 342 g/mol. The van der Waals surface area contributed by atoms with Crippen LogP contribution in [0.1, 0.15) is 40.5 Å². The van der Waals surface area contributed by atoms with E-state index in [9.17, 15) is 19.7 Å². The van der Waals surface area contributed by atoms with E-state index in [1.807, 2.05) is 6.92 Å². The number of hydrogen-bond acceptors (Lipinski definition) is 7. The van der Waals surface area contributed by atoms with Gasteiger partial charge in [0.2, 0.25) is 5.88 Å². The molecule has 0 spiro atoms. The highest BCUT2D eigenvalue weighted by molar-refractivity contribution is 5.95. The van der Waals surface area contributed by atoms with Crippen molar-refractivity contribution in [3.8, 4) is 11.6 Å². The van der Waals surface area contributed by atoms with E-state index in [1.165, 1.54) is 24.3 Å². The number of pyridine rings is 1. The van der Waals surface area contributed by atoms with Crippen LogP contribution in [0, 0.1) is 10.1 Å². The summed E-state index contributed by atoms with van der Waals surface area (Å²) in [6.45, 7) is 2.34. The van der Waals surface area contributed by atoms with Gasteiger partial charge in [0, 0.05) is 6.07 Å². The summed E-state index contributed by atoms with van der Waals surface area (Å²) < 4.78 is 10.5. The Morgan fingerprint density at radius 3 is 2.54 bits per heavy atom. The number of ether oxygens (including phenoxy) is 2. The maximum atomic E-state index is 11.8. The molecule has 2 N–H and O–H groups in total. The van der Waals surface area contributed by atoms with Crippen LogP contribution in [0.2, 0.25) is 0 Å². The van der Waals surface area contributed by atoms with Crippen molar-refractivity contribution in [1.29, 1.82) is 0 Å². The second-order valence-electron chi connectivity index (χ2n) is 5.28. The van der Waals surface area contributed by atoms with Crippen LogP contribution in [0.4, 0.5) is 5.69 Å². The summed E-state index contributed by atoms with van der Waals surface area (Å²) in [6, 6.07) is 6.97. The van der Waals surface area contributed by atoms with Gasteiger partial charge in [-0.15, -0.1) is 0 Å². The third-order valence-electron chi connectivity index (χ3n) is 3.35. The number of aromatic nitrogens is 1. The van der Waals surface area contributed by atoms with Crippen molar-refractivity contribution in [2.24, 2.45) is 5.73 Å². The molecule has 0 aliphatic carbocycles. The van der Waals surface area contributed by atoms with Gasteiger partial charge in [-0.25, -0.2) is 9.78 Å². The molecule has 0 atom stereocenters. The molecule has 2 rings (SSSR count). The maximum absolute atomic E-state index is 11.8. The predicted molar refractivity (Wildman–Crippen MR) is 91.1 cm³/mol. The molecule has 1 heterocycles. The van der Waals surface area contributed by atoms with E-state index in [2.05, 4.69) is 4.98 Å². The average molecular weight is 359 g/mol. The molecule has 0 fully saturated rings. The Morgan fingerprint density at radius 1 is 1.27 bits per heavy atom. The van der Waals surface area contributed by atoms with E-state index in [4.69, 9.17) is 15.2 Å². The van der Waals surface area contributed by atoms with Gasteiger partial charge in [-0.05, 0) is 30.7 Å². The fourth-order valence-electron chi connectivity index (χ4n) is 1.96. The zero-order chi connectivity index (χ0) is 19.1. The predicted octanol–water partition coefficient (Wildman–Crippen LogP) is 2.84. The van der Waals surface area contributed by atoms with Crippen molar-refractivity contribution in [3.63, 3.8) is 0 Å². The second-order valence-corrected chi connectivity index (χ2v) is 5.28. The van der Waals surface area contributed by atoms with Crippen molar-refractivity contribution in [1.82, 2.24) is 4.98 Å². The number of carbonyl (C=O) groups excluding carboxylic acids is 2. The Kier molecular flexibility index (Phi) is 6.20. The molecule has 0 unspecified atom stereocenters. The van der Waals surface area contributed by atoms with Crippen LogP contribution in [-0.4, -0.2) is 28.4 Å². The van der Waals surface area contributed by atoms with E-state index in [0.717, 1.165) is 25.1 Å². The Balaban J connectivity index is 2.15. The van der Waals surface area contributed by atoms with Crippen LogP contribution in [0.5, 0.6) is 11.6 Å². The maximum Gasteiger partial charge on any atom is 0.338 e. The minimum absolute atomic E-state index is 0.165. The highest BCUT2D eigenvalue weighted by Crippen LogP contribution is 2.26. The van der Waals surface area contributed by atoms with E-state index in [0.29, 0.717) is 12.2 Å². The van der Waals surface area contributed by atoms with Gasteiger partial charge in [0.05, 0.1) is 17.1 Å². The van der Waals surface area contributed by atoms with Gasteiger partial charge in [0.15, 0.2) is 0 Å². The largest absolute Gasteiger partial charge is 0.462 e. The van der Waals surface area contributed by atoms with Gasteiger partial charge in [0.25, 0.3) is 11.6 Å². The molecule has 0 aliphatic rings. The summed E-state index contributed by atoms with van der Waals surface area (Å²) in [6.07, 6.45) is 2.67. The third kappa shape index (κ3) is 4.76. The smallest absolute Gasteiger partial charge is 0.338 e. The lowest BCUT2D eigenvalue weighted by Gasteiger charge is -2.09. The molecular formula is C17H17N3O6. The number of carbonyl (C=O) groups is 2. The van der Waals surface area contributed by atoms with Crippen molar-refractivity contribution < 1.29 is 24.0 Å². The molecule has 1 aromatic carbocycles. The van der Waals surface area contributed by atoms with Gasteiger partial charge in [-0.2, -0.15) is 0 Å². The van der Waals surface area contributed by atoms with Gasteiger partial charge >= 0.3 is 5.97 Å². The standard InChI is InChI=1S/C17H17N3O6/c1-2-3-8-25-17(22)11-4-6-13(7-5-11)26-16-14(15(18)21)9-12(10-19-16)20(23)24/h4-7,9-10H,2-3,8H2,1H3,(H2,18,21). The van der Waals surface area contributed by atoms with Crippen molar-refractivity contribution >= 4 is 17.6 Å². The fourth-order valence-corrected chi connectivity index (χ4v) is 1.96. The molecule has 2 aromatic rings. The molecule has 0 saturated heterocycles. The number of nitrogens with zero attached hydrogens (tertiary/aromatic N) is 2. The van der Waals surface area contributed by atoms with Crippen LogP contribution in [0.3, 0.4) is 0 Å². The summed E-state index contributed by atoms with van der Waals surface area (Å²) in [5.74, 6) is -1.25. The van der Waals surface area contributed by atoms with Crippen molar-refractivity contribution in [2.45, 2.75) is 19.8 Å². The molecule has 1 aromatic heterocycles. The van der Waals surface area contributed by atoms with E-state index < -0.39 is 16.8 Å². The van der Waals surface area contributed by atoms with Crippen LogP contribution >= 0.6 is 0 Å². The number of hydrogen-bond donors (Lipinski definition) is 1. The highest BCUT2D eigenvalue weighted by Gasteiger charge is 2.18. The molecule has 0 bridgehead atoms. The summed E-state index contributed by atoms with van der Waals surface area (Å²) in [5.41, 5.74) is 4.97. The normalized spacial score (nSPS) is 10.2. The number of nitrogens with two attached hydrogens (primary N) is 1. The van der Waals surface area contributed by atoms with E-state index in [1.54, 1.807) is 0 Å². The summed E-state index contributed by atoms with van der Waals surface area (Å²) in [4.78, 5) is 37.2. The summed E-state index contributed by atoms with van der Waals surface area (Å²) in [5, 5.41) is 10.8. The number of unbranched alkanes of at least 4 members (excludes halogenated alkanes) is 1. The number of rotatable bonds is 8. The molecule has 9 nitrogen and oxygen atoms in total. The fraction of sp³-hybridized carbons (Fsp3) is 0.235. The Labute approximate surface area is 148 Å². The zero-order valence-corrected chi connectivity index (χ0v) is 14.0. The van der Waals surface area contributed by atoms with E-state index in [-0.39, 0.29) is 22.9 Å². The average Bonchev–Trinajstić information content (AvgIpc) is 2.62. The third-order valence-corrected chi connectivity index (χ3v) is 3.35. The first kappa shape index (κ1) is 18.8. The molecule has 1 amide bonds. The lowest BCUT2D eigenvalue weighted by molar-refractivity contribution is -0.385. The summed E-state index contributed by atoms with van der Waals surface area (Å²) in [7, 11) is 0. The van der Waals surface area contributed by atoms with Crippen LogP contribution < -0.4 is 10.5 Å². The quantitative estimate of drug-likeness (QED) is 0.331. The molecule has 136 valence electrons. The first-order chi connectivity index (χ1) is 12.4. The monoisotopic (exact) mass is 359 g/mol. The minimum Gasteiger partial charge on any atom is -0.462 e. The SMILES string of the molecule is CCCCOC(=O)c1ccc(Oc2ncc([N+](=O)[O-])cc2C(N)=O)cc1. The molecule has 0 radical (unpaired) electrons. The Morgan fingerprint density at radius 2 is 1.96 bits per heavy atom. The Hall–Kier alpha value is -3.49. The van der Waals surface area contributed by atoms with Gasteiger partial charge in [0.1, 0.15) is 17.5 Å². The number of primary amides is 1. The number of amides is 1. The van der Waals surface area contributed by atoms with E-state index >= 15 is 0 Å². The molecule has 9 heteroatoms. The zero-order valence-electron chi connectivity index (χ0n) is 14.0. The molecule has 0 saturated carbocycles. The lowest BCUT2D eigenvalue weighted by atomic mass is 10.2. The molecule has 0 aliphatic heterocycles. The Bertz CT molecular complexity index is 820.